The minimum Gasteiger partial charge on any atom is -0.299 e. The standard InChI is InChI=1S/C8H8FN3O/c1-5-3-6-8(13)11(2)4-10-12(6)7(5)9/h3-4H,1-2H3. The summed E-state index contributed by atoms with van der Waals surface area (Å²) in [7, 11) is 1.58. The van der Waals surface area contributed by atoms with Crippen molar-refractivity contribution in [1.82, 2.24) is 14.2 Å². The lowest BCUT2D eigenvalue weighted by Crippen LogP contribution is -2.19. The SMILES string of the molecule is Cc1cc2c(=O)n(C)cnn2c1F. The van der Waals surface area contributed by atoms with Crippen LogP contribution in [0.5, 0.6) is 0 Å². The molecular weight excluding hydrogens is 173 g/mol. The van der Waals surface area contributed by atoms with Crippen molar-refractivity contribution in [3.8, 4) is 0 Å². The van der Waals surface area contributed by atoms with E-state index in [-0.39, 0.29) is 11.1 Å². The van der Waals surface area contributed by atoms with Crippen LogP contribution in [0.25, 0.3) is 5.52 Å². The van der Waals surface area contributed by atoms with Gasteiger partial charge in [-0.25, -0.2) is 0 Å². The molecule has 0 saturated carbocycles. The van der Waals surface area contributed by atoms with Crippen LogP contribution >= 0.6 is 0 Å². The van der Waals surface area contributed by atoms with E-state index in [0.29, 0.717) is 5.56 Å². The van der Waals surface area contributed by atoms with Crippen LogP contribution < -0.4 is 5.56 Å². The Balaban J connectivity index is 3.03. The number of fused-ring (bicyclic) bond motifs is 1. The van der Waals surface area contributed by atoms with E-state index in [1.165, 1.54) is 17.0 Å². The van der Waals surface area contributed by atoms with Crippen LogP contribution in [-0.4, -0.2) is 14.2 Å². The van der Waals surface area contributed by atoms with Gasteiger partial charge in [-0.1, -0.05) is 0 Å². The van der Waals surface area contributed by atoms with E-state index in [2.05, 4.69) is 5.10 Å². The Morgan fingerprint density at radius 1 is 1.54 bits per heavy atom. The summed E-state index contributed by atoms with van der Waals surface area (Å²) < 4.78 is 15.5. The molecule has 0 aromatic carbocycles. The van der Waals surface area contributed by atoms with Gasteiger partial charge in [-0.3, -0.25) is 9.36 Å². The predicted molar refractivity (Wildman–Crippen MR) is 45.1 cm³/mol. The monoisotopic (exact) mass is 181 g/mol. The average molecular weight is 181 g/mol. The van der Waals surface area contributed by atoms with Crippen LogP contribution in [0.1, 0.15) is 5.56 Å². The third-order valence-corrected chi connectivity index (χ3v) is 1.97. The Morgan fingerprint density at radius 3 is 2.92 bits per heavy atom. The van der Waals surface area contributed by atoms with Gasteiger partial charge < -0.3 is 0 Å². The first-order valence-corrected chi connectivity index (χ1v) is 3.80. The summed E-state index contributed by atoms with van der Waals surface area (Å²) in [4.78, 5) is 11.4. The molecule has 2 aromatic heterocycles. The molecule has 0 N–H and O–H groups in total. The summed E-state index contributed by atoms with van der Waals surface area (Å²) in [5.41, 5.74) is 0.442. The maximum atomic E-state index is 13.2. The van der Waals surface area contributed by atoms with E-state index in [0.717, 1.165) is 4.52 Å². The highest BCUT2D eigenvalue weighted by atomic mass is 19.1. The number of aromatic nitrogens is 3. The Morgan fingerprint density at radius 2 is 2.23 bits per heavy atom. The summed E-state index contributed by atoms with van der Waals surface area (Å²) in [6, 6.07) is 1.49. The van der Waals surface area contributed by atoms with Crippen molar-refractivity contribution in [2.75, 3.05) is 0 Å². The molecule has 0 aliphatic heterocycles. The molecule has 0 unspecified atom stereocenters. The lowest BCUT2D eigenvalue weighted by molar-refractivity contribution is 0.535. The fourth-order valence-corrected chi connectivity index (χ4v) is 1.23. The fourth-order valence-electron chi connectivity index (χ4n) is 1.23. The van der Waals surface area contributed by atoms with Crippen molar-refractivity contribution >= 4 is 5.52 Å². The zero-order valence-corrected chi connectivity index (χ0v) is 7.28. The summed E-state index contributed by atoms with van der Waals surface area (Å²) in [6.45, 7) is 1.60. The van der Waals surface area contributed by atoms with Gasteiger partial charge in [0.25, 0.3) is 5.56 Å². The Hall–Kier alpha value is -1.65. The summed E-state index contributed by atoms with van der Waals surface area (Å²) >= 11 is 0. The highest BCUT2D eigenvalue weighted by molar-refractivity contribution is 5.47. The molecule has 0 fully saturated rings. The molecule has 0 aliphatic rings. The highest BCUT2D eigenvalue weighted by Crippen LogP contribution is 2.08. The van der Waals surface area contributed by atoms with Crippen molar-refractivity contribution in [3.63, 3.8) is 0 Å². The highest BCUT2D eigenvalue weighted by Gasteiger charge is 2.09. The largest absolute Gasteiger partial charge is 0.299 e. The van der Waals surface area contributed by atoms with Crippen molar-refractivity contribution in [2.24, 2.45) is 7.05 Å². The van der Waals surface area contributed by atoms with Gasteiger partial charge in [-0.05, 0) is 13.0 Å². The first kappa shape index (κ1) is 7.97. The second-order valence-electron chi connectivity index (χ2n) is 2.96. The van der Waals surface area contributed by atoms with Crippen LogP contribution in [0.3, 0.4) is 0 Å². The number of rotatable bonds is 0. The zero-order chi connectivity index (χ0) is 9.59. The molecular formula is C8H8FN3O. The maximum absolute atomic E-state index is 13.2. The lowest BCUT2D eigenvalue weighted by atomic mass is 10.4. The average Bonchev–Trinajstić information content (AvgIpc) is 2.38. The van der Waals surface area contributed by atoms with Crippen molar-refractivity contribution in [3.05, 3.63) is 34.3 Å². The van der Waals surface area contributed by atoms with Crippen molar-refractivity contribution < 1.29 is 4.39 Å². The number of hydrogen-bond donors (Lipinski definition) is 0. The molecule has 2 rings (SSSR count). The van der Waals surface area contributed by atoms with E-state index in [1.807, 2.05) is 0 Å². The quantitative estimate of drug-likeness (QED) is 0.593. The minimum absolute atomic E-state index is 0.248. The summed E-state index contributed by atoms with van der Waals surface area (Å²) in [6.07, 6.45) is 1.29. The van der Waals surface area contributed by atoms with Gasteiger partial charge in [-0.15, -0.1) is 0 Å². The molecule has 0 radical (unpaired) electrons. The van der Waals surface area contributed by atoms with E-state index < -0.39 is 5.95 Å². The number of halogens is 1. The van der Waals surface area contributed by atoms with Crippen molar-refractivity contribution in [2.45, 2.75) is 6.92 Å². The van der Waals surface area contributed by atoms with Crippen molar-refractivity contribution in [1.29, 1.82) is 0 Å². The molecule has 0 bridgehead atoms. The first-order valence-electron chi connectivity index (χ1n) is 3.80. The third kappa shape index (κ3) is 0.965. The summed E-state index contributed by atoms with van der Waals surface area (Å²) in [5, 5.41) is 3.77. The van der Waals surface area contributed by atoms with Crippen LogP contribution in [0, 0.1) is 12.9 Å². The molecule has 13 heavy (non-hydrogen) atoms. The molecule has 0 atom stereocenters. The molecule has 2 aromatic rings. The molecule has 2 heterocycles. The Kier molecular flexibility index (Phi) is 1.48. The predicted octanol–water partition coefficient (Wildman–Crippen LogP) is 0.481. The van der Waals surface area contributed by atoms with E-state index >= 15 is 0 Å². The van der Waals surface area contributed by atoms with Crippen LogP contribution in [0.4, 0.5) is 4.39 Å². The number of hydrogen-bond acceptors (Lipinski definition) is 2. The van der Waals surface area contributed by atoms with Gasteiger partial charge >= 0.3 is 0 Å². The van der Waals surface area contributed by atoms with Gasteiger partial charge in [0.05, 0.1) is 0 Å². The van der Waals surface area contributed by atoms with Crippen LogP contribution in [-0.2, 0) is 7.05 Å². The zero-order valence-electron chi connectivity index (χ0n) is 7.28. The fraction of sp³-hybridized carbons (Fsp3) is 0.250. The molecule has 0 aliphatic carbocycles. The van der Waals surface area contributed by atoms with Gasteiger partial charge in [-0.2, -0.15) is 14.0 Å². The third-order valence-electron chi connectivity index (χ3n) is 1.97. The van der Waals surface area contributed by atoms with Crippen LogP contribution in [0.15, 0.2) is 17.2 Å². The molecule has 68 valence electrons. The minimum atomic E-state index is -0.479. The normalized spacial score (nSPS) is 11.0. The number of nitrogens with zero attached hydrogens (tertiary/aromatic N) is 3. The Labute approximate surface area is 73.2 Å². The van der Waals surface area contributed by atoms with Gasteiger partial charge in [0.15, 0.2) is 0 Å². The van der Waals surface area contributed by atoms with Gasteiger partial charge in [0.1, 0.15) is 11.8 Å². The van der Waals surface area contributed by atoms with Gasteiger partial charge in [0, 0.05) is 12.6 Å². The van der Waals surface area contributed by atoms with E-state index in [9.17, 15) is 9.18 Å². The molecule has 0 saturated heterocycles. The maximum Gasteiger partial charge on any atom is 0.277 e. The molecule has 5 heteroatoms. The van der Waals surface area contributed by atoms with Crippen LogP contribution in [0.2, 0.25) is 0 Å². The smallest absolute Gasteiger partial charge is 0.277 e. The molecule has 0 spiro atoms. The van der Waals surface area contributed by atoms with Gasteiger partial charge in [0.2, 0.25) is 5.95 Å². The Bertz CT molecular complexity index is 526. The molecule has 0 amide bonds. The first-order chi connectivity index (χ1) is 6.11. The van der Waals surface area contributed by atoms with E-state index in [4.69, 9.17) is 0 Å². The topological polar surface area (TPSA) is 39.3 Å². The second-order valence-corrected chi connectivity index (χ2v) is 2.96. The number of aryl methyl sites for hydroxylation is 2. The second kappa shape index (κ2) is 2.42. The molecule has 4 nitrogen and oxygen atoms in total. The van der Waals surface area contributed by atoms with E-state index in [1.54, 1.807) is 14.0 Å². The lowest BCUT2D eigenvalue weighted by Gasteiger charge is -1.96. The summed E-state index contributed by atoms with van der Waals surface area (Å²) in [5.74, 6) is -0.479.